The summed E-state index contributed by atoms with van der Waals surface area (Å²) in [5, 5.41) is 9.03. The monoisotopic (exact) mass is 258 g/mol. The summed E-state index contributed by atoms with van der Waals surface area (Å²) in [5.41, 5.74) is 3.09. The molecule has 0 aliphatic carbocycles. The number of methoxy groups -OCH3 is 1. The number of pyridine rings is 1. The lowest BCUT2D eigenvalue weighted by molar-refractivity contribution is 0.412. The van der Waals surface area contributed by atoms with E-state index < -0.39 is 0 Å². The van der Waals surface area contributed by atoms with Gasteiger partial charge in [0.05, 0.1) is 18.4 Å². The quantitative estimate of drug-likeness (QED) is 0.774. The van der Waals surface area contributed by atoms with Gasteiger partial charge < -0.3 is 4.74 Å². The second kappa shape index (κ2) is 5.07. The number of aromatic nitrogens is 1. The largest absolute Gasteiger partial charge is 0.496 e. The molecule has 90 valence electrons. The van der Waals surface area contributed by atoms with Crippen molar-refractivity contribution in [2.24, 2.45) is 0 Å². The summed E-state index contributed by atoms with van der Waals surface area (Å²) in [5.74, 6) is 0.832. The van der Waals surface area contributed by atoms with Crippen LogP contribution in [0.25, 0.3) is 11.3 Å². The fraction of sp³-hybridized carbons (Fsp3) is 0.143. The Morgan fingerprint density at radius 1 is 1.28 bits per heavy atom. The van der Waals surface area contributed by atoms with Crippen LogP contribution in [-0.2, 0) is 0 Å². The van der Waals surface area contributed by atoms with E-state index in [4.69, 9.17) is 21.6 Å². The molecule has 0 unspecified atom stereocenters. The number of rotatable bonds is 2. The number of hydrogen-bond acceptors (Lipinski definition) is 3. The van der Waals surface area contributed by atoms with Crippen molar-refractivity contribution in [1.82, 2.24) is 4.98 Å². The fourth-order valence-corrected chi connectivity index (χ4v) is 1.91. The van der Waals surface area contributed by atoms with Crippen LogP contribution < -0.4 is 4.74 Å². The molecule has 0 radical (unpaired) electrons. The third-order valence-electron chi connectivity index (χ3n) is 2.66. The van der Waals surface area contributed by atoms with E-state index in [2.05, 4.69) is 4.98 Å². The standard InChI is InChI=1S/C14H11ClN2O/c1-9-7-10(4-6-13(9)18-2)12-5-3-11(8-16)14(15)17-12/h3-7H,1-2H3. The number of ether oxygens (including phenoxy) is 1. The molecule has 3 nitrogen and oxygen atoms in total. The van der Waals surface area contributed by atoms with Gasteiger partial charge in [0.25, 0.3) is 0 Å². The molecule has 0 N–H and O–H groups in total. The maximum absolute atomic E-state index is 8.80. The van der Waals surface area contributed by atoms with Gasteiger partial charge in [-0.1, -0.05) is 11.6 Å². The second-order valence-electron chi connectivity index (χ2n) is 3.83. The molecule has 1 heterocycles. The molecule has 0 aliphatic rings. The number of nitriles is 1. The van der Waals surface area contributed by atoms with Crippen LogP contribution in [0.4, 0.5) is 0 Å². The Hall–Kier alpha value is -2.05. The van der Waals surface area contributed by atoms with E-state index in [1.807, 2.05) is 31.2 Å². The second-order valence-corrected chi connectivity index (χ2v) is 4.19. The lowest BCUT2D eigenvalue weighted by atomic mass is 10.1. The van der Waals surface area contributed by atoms with Crippen LogP contribution in [0.5, 0.6) is 5.75 Å². The summed E-state index contributed by atoms with van der Waals surface area (Å²) in [4.78, 5) is 4.21. The van der Waals surface area contributed by atoms with Crippen molar-refractivity contribution in [2.75, 3.05) is 7.11 Å². The highest BCUT2D eigenvalue weighted by Crippen LogP contribution is 2.26. The Morgan fingerprint density at radius 3 is 2.61 bits per heavy atom. The van der Waals surface area contributed by atoms with Crippen LogP contribution in [0, 0.1) is 18.3 Å². The number of aryl methyl sites for hydroxylation is 1. The summed E-state index contributed by atoms with van der Waals surface area (Å²) >= 11 is 5.92. The smallest absolute Gasteiger partial charge is 0.147 e. The molecular weight excluding hydrogens is 248 g/mol. The van der Waals surface area contributed by atoms with Gasteiger partial charge in [0.1, 0.15) is 17.0 Å². The molecule has 0 atom stereocenters. The number of hydrogen-bond donors (Lipinski definition) is 0. The first-order chi connectivity index (χ1) is 8.65. The van der Waals surface area contributed by atoms with Crippen molar-refractivity contribution >= 4 is 11.6 Å². The summed E-state index contributed by atoms with van der Waals surface area (Å²) in [7, 11) is 1.64. The van der Waals surface area contributed by atoms with Gasteiger partial charge in [0, 0.05) is 5.56 Å². The summed E-state index contributed by atoms with van der Waals surface area (Å²) in [6.07, 6.45) is 0. The zero-order valence-electron chi connectivity index (χ0n) is 10.1. The SMILES string of the molecule is COc1ccc(-c2ccc(C#N)c(Cl)n2)cc1C. The zero-order valence-corrected chi connectivity index (χ0v) is 10.8. The van der Waals surface area contributed by atoms with Crippen LogP contribution in [0.2, 0.25) is 5.15 Å². The summed E-state index contributed by atoms with van der Waals surface area (Å²) in [6, 6.07) is 11.2. The van der Waals surface area contributed by atoms with Crippen molar-refractivity contribution in [3.63, 3.8) is 0 Å². The molecule has 0 spiro atoms. The normalized spacial score (nSPS) is 9.89. The van der Waals surface area contributed by atoms with Gasteiger partial charge in [0.2, 0.25) is 0 Å². The first-order valence-electron chi connectivity index (χ1n) is 5.37. The van der Waals surface area contributed by atoms with E-state index in [0.717, 1.165) is 22.6 Å². The molecule has 0 bridgehead atoms. The van der Waals surface area contributed by atoms with Crippen molar-refractivity contribution in [1.29, 1.82) is 5.26 Å². The van der Waals surface area contributed by atoms with E-state index in [9.17, 15) is 0 Å². The van der Waals surface area contributed by atoms with Crippen LogP contribution in [0.1, 0.15) is 11.1 Å². The predicted octanol–water partition coefficient (Wildman–Crippen LogP) is 3.59. The van der Waals surface area contributed by atoms with Gasteiger partial charge in [-0.25, -0.2) is 4.98 Å². The van der Waals surface area contributed by atoms with Gasteiger partial charge in [-0.05, 0) is 42.8 Å². The Morgan fingerprint density at radius 2 is 2.06 bits per heavy atom. The van der Waals surface area contributed by atoms with Crippen molar-refractivity contribution in [3.05, 3.63) is 46.6 Å². The molecule has 0 aliphatic heterocycles. The fourth-order valence-electron chi connectivity index (χ4n) is 1.72. The van der Waals surface area contributed by atoms with Crippen molar-refractivity contribution < 1.29 is 4.74 Å². The van der Waals surface area contributed by atoms with Gasteiger partial charge in [-0.2, -0.15) is 5.26 Å². The van der Waals surface area contributed by atoms with Crippen LogP contribution in [0.3, 0.4) is 0 Å². The summed E-state index contributed by atoms with van der Waals surface area (Å²) in [6.45, 7) is 1.97. The van der Waals surface area contributed by atoms with E-state index in [-0.39, 0.29) is 5.15 Å². The molecule has 0 saturated heterocycles. The molecule has 2 aromatic rings. The molecule has 2 rings (SSSR count). The highest BCUT2D eigenvalue weighted by molar-refractivity contribution is 6.30. The van der Waals surface area contributed by atoms with Gasteiger partial charge >= 0.3 is 0 Å². The lowest BCUT2D eigenvalue weighted by Gasteiger charge is -2.07. The minimum atomic E-state index is 0.225. The first kappa shape index (κ1) is 12.4. The maximum Gasteiger partial charge on any atom is 0.147 e. The van der Waals surface area contributed by atoms with Crippen LogP contribution in [-0.4, -0.2) is 12.1 Å². The maximum atomic E-state index is 8.80. The average Bonchev–Trinajstić information content (AvgIpc) is 2.38. The lowest BCUT2D eigenvalue weighted by Crippen LogP contribution is -1.90. The molecule has 18 heavy (non-hydrogen) atoms. The minimum Gasteiger partial charge on any atom is -0.496 e. The Balaban J connectivity index is 2.46. The van der Waals surface area contributed by atoms with E-state index in [1.165, 1.54) is 0 Å². The number of benzene rings is 1. The van der Waals surface area contributed by atoms with Gasteiger partial charge in [-0.15, -0.1) is 0 Å². The van der Waals surface area contributed by atoms with Gasteiger partial charge in [0.15, 0.2) is 0 Å². The third-order valence-corrected chi connectivity index (χ3v) is 2.95. The van der Waals surface area contributed by atoms with Crippen molar-refractivity contribution in [3.8, 4) is 23.1 Å². The van der Waals surface area contributed by atoms with Crippen molar-refractivity contribution in [2.45, 2.75) is 6.92 Å². The Kier molecular flexibility index (Phi) is 3.50. The van der Waals surface area contributed by atoms with E-state index >= 15 is 0 Å². The molecular formula is C14H11ClN2O. The average molecular weight is 259 g/mol. The van der Waals surface area contributed by atoms with Crippen LogP contribution in [0.15, 0.2) is 30.3 Å². The molecule has 0 amide bonds. The van der Waals surface area contributed by atoms with Crippen LogP contribution >= 0.6 is 11.6 Å². The van der Waals surface area contributed by atoms with E-state index in [1.54, 1.807) is 19.2 Å². The molecule has 4 heteroatoms. The minimum absolute atomic E-state index is 0.225. The van der Waals surface area contributed by atoms with Gasteiger partial charge in [-0.3, -0.25) is 0 Å². The molecule has 1 aromatic heterocycles. The number of halogens is 1. The molecule has 0 saturated carbocycles. The first-order valence-corrected chi connectivity index (χ1v) is 5.75. The number of nitrogens with zero attached hydrogens (tertiary/aromatic N) is 2. The third kappa shape index (κ3) is 2.29. The topological polar surface area (TPSA) is 45.9 Å². The highest BCUT2D eigenvalue weighted by Gasteiger charge is 2.06. The Bertz CT molecular complexity index is 632. The zero-order chi connectivity index (χ0) is 13.1. The Labute approximate surface area is 111 Å². The summed E-state index contributed by atoms with van der Waals surface area (Å²) < 4.78 is 5.21. The predicted molar refractivity (Wildman–Crippen MR) is 70.7 cm³/mol. The molecule has 0 fully saturated rings. The highest BCUT2D eigenvalue weighted by atomic mass is 35.5. The van der Waals surface area contributed by atoms with E-state index in [0.29, 0.717) is 5.56 Å². The molecule has 1 aromatic carbocycles.